The third kappa shape index (κ3) is 5.05. The zero-order chi connectivity index (χ0) is 32.0. The molecule has 0 bridgehead atoms. The van der Waals surface area contributed by atoms with Crippen LogP contribution in [0.25, 0.3) is 0 Å². The molecule has 0 aromatic heterocycles. The molecular weight excluding hydrogens is 556 g/mol. The van der Waals surface area contributed by atoms with E-state index in [0.717, 1.165) is 31.8 Å². The van der Waals surface area contributed by atoms with Gasteiger partial charge in [-0.2, -0.15) is 0 Å². The van der Waals surface area contributed by atoms with E-state index in [1.54, 1.807) is 32.9 Å². The van der Waals surface area contributed by atoms with Gasteiger partial charge in [0.25, 0.3) is 0 Å². The van der Waals surface area contributed by atoms with Crippen molar-refractivity contribution >= 4 is 17.7 Å². The van der Waals surface area contributed by atoms with E-state index in [1.807, 2.05) is 6.08 Å². The molecular formula is C33H46O10. The summed E-state index contributed by atoms with van der Waals surface area (Å²) in [6, 6.07) is 0. The first-order valence-electron chi connectivity index (χ1n) is 15.2. The summed E-state index contributed by atoms with van der Waals surface area (Å²) < 4.78 is 12.0. The topological polar surface area (TPSA) is 160 Å². The predicted octanol–water partition coefficient (Wildman–Crippen LogP) is 3.60. The second-order valence-electron chi connectivity index (χ2n) is 13.2. The number of allylic oxidation sites excluding steroid dienone is 3. The number of unbranched alkanes of at least 4 members (excludes halogenated alkanes) is 4. The Morgan fingerprint density at radius 3 is 2.42 bits per heavy atom. The van der Waals surface area contributed by atoms with E-state index in [1.165, 1.54) is 32.4 Å². The molecule has 0 amide bonds. The average molecular weight is 603 g/mol. The van der Waals surface area contributed by atoms with E-state index in [0.29, 0.717) is 0 Å². The monoisotopic (exact) mass is 602 g/mol. The lowest BCUT2D eigenvalue weighted by Gasteiger charge is -2.54. The number of carbonyl (C=O) groups is 3. The van der Waals surface area contributed by atoms with Crippen molar-refractivity contribution in [1.29, 1.82) is 0 Å². The van der Waals surface area contributed by atoms with Crippen LogP contribution in [-0.4, -0.2) is 73.9 Å². The maximum absolute atomic E-state index is 13.3. The summed E-state index contributed by atoms with van der Waals surface area (Å²) in [4.78, 5) is 43.9. The number of hydrogen-bond acceptors (Lipinski definition) is 10. The van der Waals surface area contributed by atoms with Crippen LogP contribution in [0.2, 0.25) is 0 Å². The third-order valence-electron chi connectivity index (χ3n) is 10.4. The molecule has 0 radical (unpaired) electrons. The number of esters is 2. The first-order valence-corrected chi connectivity index (χ1v) is 15.2. The minimum absolute atomic E-state index is 0.00106. The van der Waals surface area contributed by atoms with Crippen LogP contribution in [0.1, 0.15) is 73.6 Å². The minimum atomic E-state index is -2.26. The molecule has 0 aromatic carbocycles. The largest absolute Gasteiger partial charge is 0.455 e. The van der Waals surface area contributed by atoms with Gasteiger partial charge in [0.15, 0.2) is 17.0 Å². The number of rotatable bonds is 11. The molecule has 4 aliphatic carbocycles. The van der Waals surface area contributed by atoms with Crippen molar-refractivity contribution in [2.45, 2.75) is 103 Å². The summed E-state index contributed by atoms with van der Waals surface area (Å²) in [5.41, 5.74) is -6.43. The minimum Gasteiger partial charge on any atom is -0.455 e. The van der Waals surface area contributed by atoms with Crippen LogP contribution in [0.15, 0.2) is 47.6 Å². The van der Waals surface area contributed by atoms with Crippen molar-refractivity contribution < 1.29 is 49.3 Å². The van der Waals surface area contributed by atoms with Gasteiger partial charge in [0.05, 0.1) is 12.2 Å². The van der Waals surface area contributed by atoms with Gasteiger partial charge in [-0.15, -0.1) is 0 Å². The Labute approximate surface area is 253 Å². The summed E-state index contributed by atoms with van der Waals surface area (Å²) in [5.74, 6) is -6.16. The molecule has 0 saturated heterocycles. The fraction of sp³-hybridized carbons (Fsp3) is 0.667. The van der Waals surface area contributed by atoms with E-state index in [4.69, 9.17) is 14.4 Å². The van der Waals surface area contributed by atoms with E-state index < -0.39 is 82.4 Å². The quantitative estimate of drug-likeness (QED) is 0.0523. The number of ketones is 1. The van der Waals surface area contributed by atoms with Crippen molar-refractivity contribution in [2.24, 2.45) is 29.1 Å². The summed E-state index contributed by atoms with van der Waals surface area (Å²) in [6.45, 7) is 9.43. The highest BCUT2D eigenvalue weighted by atomic mass is 17.1. The first-order chi connectivity index (χ1) is 20.2. The molecule has 10 heteroatoms. The Morgan fingerprint density at radius 2 is 1.81 bits per heavy atom. The van der Waals surface area contributed by atoms with E-state index in [2.05, 4.69) is 6.92 Å². The maximum Gasteiger partial charge on any atom is 0.331 e. The lowest BCUT2D eigenvalue weighted by Crippen LogP contribution is -2.68. The molecule has 0 aromatic rings. The molecule has 2 fully saturated rings. The Balaban J connectivity index is 1.77. The molecule has 0 aliphatic heterocycles. The summed E-state index contributed by atoms with van der Waals surface area (Å²) in [7, 11) is 0. The number of carbonyl (C=O) groups excluding carboxylic acids is 3. The highest BCUT2D eigenvalue weighted by molar-refractivity contribution is 6.06. The van der Waals surface area contributed by atoms with Crippen LogP contribution in [0.3, 0.4) is 0 Å². The van der Waals surface area contributed by atoms with Gasteiger partial charge in [-0.1, -0.05) is 71.3 Å². The van der Waals surface area contributed by atoms with Crippen LogP contribution >= 0.6 is 0 Å². The van der Waals surface area contributed by atoms with Gasteiger partial charge in [-0.25, -0.2) is 9.68 Å². The zero-order valence-electron chi connectivity index (χ0n) is 25.9. The maximum atomic E-state index is 13.3. The molecule has 4 rings (SSSR count). The Hall–Kier alpha value is -2.63. The molecule has 43 heavy (non-hydrogen) atoms. The van der Waals surface area contributed by atoms with Crippen molar-refractivity contribution in [3.63, 3.8) is 0 Å². The summed E-state index contributed by atoms with van der Waals surface area (Å²) in [5, 5.41) is 45.0. The number of aliphatic hydroxyl groups excluding tert-OH is 1. The molecule has 1 unspecified atom stereocenters. The van der Waals surface area contributed by atoms with Crippen LogP contribution < -0.4 is 0 Å². The molecule has 4 aliphatic rings. The van der Waals surface area contributed by atoms with Gasteiger partial charge in [-0.3, -0.25) is 14.8 Å². The fourth-order valence-electron chi connectivity index (χ4n) is 8.41. The van der Waals surface area contributed by atoms with Crippen molar-refractivity contribution in [3.8, 4) is 0 Å². The Kier molecular flexibility index (Phi) is 9.32. The van der Waals surface area contributed by atoms with Crippen LogP contribution in [0.5, 0.6) is 0 Å². The van der Waals surface area contributed by atoms with Gasteiger partial charge in [0.1, 0.15) is 12.2 Å². The molecule has 0 spiro atoms. The standard InChI is InChI=1S/C33H46O10/c1-7-8-9-10-11-12-13-14-15-24(36)41-29-20(3)32(39)23-16-19(2)28(37)31(23,38)17-22(18-34)26(43-40)25(32)27-30(5,6)33(27,29)42-21(4)35/h12-17,20,23,25-27,29,34,38-40H,7-11,18H2,1-6H3/b13-12+,15-14+/t20-,23-,25+,26?,27-,29-,31-,32+,33-/m1/s1. The number of aliphatic hydroxyl groups is 3. The average Bonchev–Trinajstić information content (AvgIpc) is 3.35. The highest BCUT2D eigenvalue weighted by Crippen LogP contribution is 2.77. The first kappa shape index (κ1) is 33.3. The van der Waals surface area contributed by atoms with Gasteiger partial charge in [-0.05, 0) is 37.0 Å². The lowest BCUT2D eigenvalue weighted by molar-refractivity contribution is -0.313. The molecule has 2 saturated carbocycles. The van der Waals surface area contributed by atoms with Gasteiger partial charge in [0, 0.05) is 42.1 Å². The molecule has 10 nitrogen and oxygen atoms in total. The van der Waals surface area contributed by atoms with Crippen LogP contribution in [-0.2, 0) is 28.7 Å². The summed E-state index contributed by atoms with van der Waals surface area (Å²) >= 11 is 0. The summed E-state index contributed by atoms with van der Waals surface area (Å²) in [6.07, 6.45) is 12.0. The van der Waals surface area contributed by atoms with Crippen molar-refractivity contribution in [3.05, 3.63) is 47.6 Å². The molecule has 238 valence electrons. The van der Waals surface area contributed by atoms with E-state index in [-0.39, 0.29) is 11.1 Å². The zero-order valence-corrected chi connectivity index (χ0v) is 25.9. The Morgan fingerprint density at radius 1 is 1.12 bits per heavy atom. The van der Waals surface area contributed by atoms with E-state index >= 15 is 0 Å². The number of ether oxygens (including phenoxy) is 2. The fourth-order valence-corrected chi connectivity index (χ4v) is 8.41. The SMILES string of the molecule is CCCCCC/C=C/C=C/C(=O)O[C@@H]1[C@@H](C)[C@@]2(O)[C@@H](C(OO)C(CO)=C[C@]3(O)C(=O)C(C)=C[C@@H]23)[C@@H]2C(C)(C)[C@]12OC(C)=O. The smallest absolute Gasteiger partial charge is 0.331 e. The Bertz CT molecular complexity index is 1250. The van der Waals surface area contributed by atoms with Crippen molar-refractivity contribution in [1.82, 2.24) is 0 Å². The predicted molar refractivity (Wildman–Crippen MR) is 156 cm³/mol. The number of fused-ring (bicyclic) bond motifs is 5. The number of Topliss-reactive ketones (excluding diaryl/α,β-unsaturated/α-hetero) is 1. The van der Waals surface area contributed by atoms with Crippen LogP contribution in [0, 0.1) is 29.1 Å². The van der Waals surface area contributed by atoms with Gasteiger partial charge < -0.3 is 24.8 Å². The lowest BCUT2D eigenvalue weighted by atomic mass is 9.58. The highest BCUT2D eigenvalue weighted by Gasteiger charge is 2.89. The molecule has 4 N–H and O–H groups in total. The molecule has 9 atom stereocenters. The second kappa shape index (κ2) is 12.0. The van der Waals surface area contributed by atoms with Crippen LogP contribution in [0.4, 0.5) is 0 Å². The number of hydrogen-bond donors (Lipinski definition) is 4. The van der Waals surface area contributed by atoms with Crippen molar-refractivity contribution in [2.75, 3.05) is 6.61 Å². The van der Waals surface area contributed by atoms with Gasteiger partial charge in [0.2, 0.25) is 0 Å². The van der Waals surface area contributed by atoms with Gasteiger partial charge >= 0.3 is 11.9 Å². The normalized spacial score (nSPS) is 39.4. The third-order valence-corrected chi connectivity index (χ3v) is 10.4. The van der Waals surface area contributed by atoms with E-state index in [9.17, 15) is 35.0 Å². The second-order valence-corrected chi connectivity index (χ2v) is 13.2. The molecule has 0 heterocycles.